The number of benzene rings is 2. The molecule has 0 unspecified atom stereocenters. The zero-order valence-corrected chi connectivity index (χ0v) is 16.9. The van der Waals surface area contributed by atoms with Crippen molar-refractivity contribution >= 4 is 16.9 Å². The molecule has 1 amide bonds. The molecule has 0 fully saturated rings. The van der Waals surface area contributed by atoms with E-state index in [2.05, 4.69) is 10.3 Å². The van der Waals surface area contributed by atoms with Crippen LogP contribution in [0.15, 0.2) is 77.7 Å². The molecular formula is C24H24N4O2. The first-order valence-electron chi connectivity index (χ1n) is 10.1. The number of fused-ring (bicyclic) bond motifs is 1. The highest BCUT2D eigenvalue weighted by molar-refractivity contribution is 5.81. The van der Waals surface area contributed by atoms with Gasteiger partial charge in [-0.1, -0.05) is 49.4 Å². The Balaban J connectivity index is 1.38. The zero-order valence-electron chi connectivity index (χ0n) is 16.9. The summed E-state index contributed by atoms with van der Waals surface area (Å²) in [6.45, 7) is 3.28. The van der Waals surface area contributed by atoms with Crippen molar-refractivity contribution in [3.8, 4) is 0 Å². The van der Waals surface area contributed by atoms with Gasteiger partial charge in [-0.2, -0.15) is 0 Å². The maximum Gasteiger partial charge on any atom is 0.250 e. The molecule has 1 N–H and O–H groups in total. The lowest BCUT2D eigenvalue weighted by molar-refractivity contribution is -0.121. The average Bonchev–Trinajstić information content (AvgIpc) is 3.12. The van der Waals surface area contributed by atoms with Crippen LogP contribution in [0, 0.1) is 0 Å². The van der Waals surface area contributed by atoms with Gasteiger partial charge in [0.2, 0.25) is 5.91 Å². The topological polar surface area (TPSA) is 68.9 Å². The van der Waals surface area contributed by atoms with Gasteiger partial charge in [0.25, 0.3) is 5.56 Å². The summed E-state index contributed by atoms with van der Waals surface area (Å²) < 4.78 is 3.64. The van der Waals surface area contributed by atoms with Crippen LogP contribution in [0.4, 0.5) is 0 Å². The number of para-hydroxylation sites is 2. The Bertz CT molecular complexity index is 1220. The fourth-order valence-corrected chi connectivity index (χ4v) is 3.52. The van der Waals surface area contributed by atoms with Gasteiger partial charge < -0.3 is 14.5 Å². The van der Waals surface area contributed by atoms with Crippen molar-refractivity contribution in [3.63, 3.8) is 0 Å². The molecular weight excluding hydrogens is 376 g/mol. The molecule has 0 saturated heterocycles. The highest BCUT2D eigenvalue weighted by Gasteiger charge is 2.12. The summed E-state index contributed by atoms with van der Waals surface area (Å²) in [5.74, 6) is 0.861. The summed E-state index contributed by atoms with van der Waals surface area (Å²) in [4.78, 5) is 29.0. The standard InChI is InChI=1S/C24H24N4O2/c1-2-22-26-20-7-3-4-8-21(20)28(22)17-23(29)25-15-18-10-12-19(13-11-18)16-27-14-6-5-9-24(27)30/h3-14H,2,15-17H2,1H3,(H,25,29). The quantitative estimate of drug-likeness (QED) is 0.518. The zero-order chi connectivity index (χ0) is 20.9. The van der Waals surface area contributed by atoms with E-state index in [4.69, 9.17) is 0 Å². The van der Waals surface area contributed by atoms with Gasteiger partial charge in [0, 0.05) is 25.2 Å². The third kappa shape index (κ3) is 4.33. The monoisotopic (exact) mass is 400 g/mol. The van der Waals surface area contributed by atoms with Gasteiger partial charge in [0.1, 0.15) is 12.4 Å². The second-order valence-electron chi connectivity index (χ2n) is 7.22. The van der Waals surface area contributed by atoms with E-state index in [9.17, 15) is 9.59 Å². The van der Waals surface area contributed by atoms with Gasteiger partial charge in [0.05, 0.1) is 17.6 Å². The molecule has 0 bridgehead atoms. The van der Waals surface area contributed by atoms with Crippen LogP contribution in [0.3, 0.4) is 0 Å². The number of imidazole rings is 1. The summed E-state index contributed by atoms with van der Waals surface area (Å²) in [6, 6.07) is 20.9. The number of carbonyl (C=O) groups excluding carboxylic acids is 1. The first-order chi connectivity index (χ1) is 14.6. The van der Waals surface area contributed by atoms with Crippen molar-refractivity contribution in [3.05, 3.63) is 100 Å². The highest BCUT2D eigenvalue weighted by atomic mass is 16.2. The SMILES string of the molecule is CCc1nc2ccccc2n1CC(=O)NCc1ccc(Cn2ccccc2=O)cc1. The van der Waals surface area contributed by atoms with Gasteiger partial charge in [-0.05, 0) is 29.3 Å². The fourth-order valence-electron chi connectivity index (χ4n) is 3.52. The average molecular weight is 400 g/mol. The molecule has 0 saturated carbocycles. The van der Waals surface area contributed by atoms with Gasteiger partial charge >= 0.3 is 0 Å². The number of amides is 1. The number of aromatic nitrogens is 3. The van der Waals surface area contributed by atoms with Crippen LogP contribution in [0.5, 0.6) is 0 Å². The predicted octanol–water partition coefficient (Wildman–Crippen LogP) is 3.13. The second-order valence-corrected chi connectivity index (χ2v) is 7.22. The lowest BCUT2D eigenvalue weighted by atomic mass is 10.1. The number of pyridine rings is 1. The summed E-state index contributed by atoms with van der Waals surface area (Å²) in [5, 5.41) is 2.99. The number of nitrogens with zero attached hydrogens (tertiary/aromatic N) is 3. The normalized spacial score (nSPS) is 11.0. The first-order valence-corrected chi connectivity index (χ1v) is 10.1. The van der Waals surface area contributed by atoms with E-state index in [1.54, 1.807) is 22.9 Å². The van der Waals surface area contributed by atoms with Crippen molar-refractivity contribution in [1.29, 1.82) is 0 Å². The van der Waals surface area contributed by atoms with Crippen LogP contribution in [-0.4, -0.2) is 20.0 Å². The maximum absolute atomic E-state index is 12.5. The molecule has 2 heterocycles. The third-order valence-electron chi connectivity index (χ3n) is 5.12. The Kier molecular flexibility index (Phi) is 5.75. The van der Waals surface area contributed by atoms with E-state index in [-0.39, 0.29) is 18.0 Å². The van der Waals surface area contributed by atoms with E-state index >= 15 is 0 Å². The van der Waals surface area contributed by atoms with Gasteiger partial charge in [-0.25, -0.2) is 4.98 Å². The summed E-state index contributed by atoms with van der Waals surface area (Å²) in [5.41, 5.74) is 3.92. The van der Waals surface area contributed by atoms with E-state index in [1.165, 1.54) is 0 Å². The minimum atomic E-state index is -0.0484. The van der Waals surface area contributed by atoms with Crippen LogP contribution in [-0.2, 0) is 30.8 Å². The van der Waals surface area contributed by atoms with Crippen molar-refractivity contribution in [2.24, 2.45) is 0 Å². The Morgan fingerprint density at radius 1 is 0.967 bits per heavy atom. The lowest BCUT2D eigenvalue weighted by Gasteiger charge is -2.10. The Morgan fingerprint density at radius 3 is 2.47 bits per heavy atom. The lowest BCUT2D eigenvalue weighted by Crippen LogP contribution is -2.27. The second kappa shape index (κ2) is 8.78. The van der Waals surface area contributed by atoms with Gasteiger partial charge in [0.15, 0.2) is 0 Å². The van der Waals surface area contributed by atoms with Crippen LogP contribution in [0.2, 0.25) is 0 Å². The number of nitrogens with one attached hydrogen (secondary N) is 1. The van der Waals surface area contributed by atoms with E-state index in [0.29, 0.717) is 13.1 Å². The number of carbonyl (C=O) groups is 1. The van der Waals surface area contributed by atoms with Crippen molar-refractivity contribution in [2.75, 3.05) is 0 Å². The molecule has 30 heavy (non-hydrogen) atoms. The first kappa shape index (κ1) is 19.6. The van der Waals surface area contributed by atoms with Crippen molar-refractivity contribution in [1.82, 2.24) is 19.4 Å². The number of hydrogen-bond acceptors (Lipinski definition) is 3. The molecule has 2 aromatic heterocycles. The molecule has 152 valence electrons. The summed E-state index contributed by atoms with van der Waals surface area (Å²) >= 11 is 0. The van der Waals surface area contributed by atoms with E-state index in [0.717, 1.165) is 34.4 Å². The number of hydrogen-bond donors (Lipinski definition) is 1. The molecule has 0 spiro atoms. The molecule has 2 aromatic carbocycles. The minimum absolute atomic E-state index is 0.0210. The number of rotatable bonds is 7. The summed E-state index contributed by atoms with van der Waals surface area (Å²) in [7, 11) is 0. The van der Waals surface area contributed by atoms with Gasteiger partial charge in [-0.3, -0.25) is 9.59 Å². The Hall–Kier alpha value is -3.67. The molecule has 4 rings (SSSR count). The highest BCUT2D eigenvalue weighted by Crippen LogP contribution is 2.16. The van der Waals surface area contributed by atoms with Crippen LogP contribution in [0.1, 0.15) is 23.9 Å². The Morgan fingerprint density at radius 2 is 1.70 bits per heavy atom. The minimum Gasteiger partial charge on any atom is -0.350 e. The van der Waals surface area contributed by atoms with Crippen LogP contribution < -0.4 is 10.9 Å². The maximum atomic E-state index is 12.5. The van der Waals surface area contributed by atoms with E-state index < -0.39 is 0 Å². The number of aryl methyl sites for hydroxylation is 1. The van der Waals surface area contributed by atoms with Crippen molar-refractivity contribution < 1.29 is 4.79 Å². The largest absolute Gasteiger partial charge is 0.350 e. The molecule has 0 aliphatic carbocycles. The predicted molar refractivity (Wildman–Crippen MR) is 117 cm³/mol. The van der Waals surface area contributed by atoms with Gasteiger partial charge in [-0.15, -0.1) is 0 Å². The van der Waals surface area contributed by atoms with Crippen LogP contribution in [0.25, 0.3) is 11.0 Å². The van der Waals surface area contributed by atoms with E-state index in [1.807, 2.05) is 66.1 Å². The molecule has 6 heteroatoms. The molecule has 0 atom stereocenters. The Labute approximate surface area is 174 Å². The molecule has 6 nitrogen and oxygen atoms in total. The van der Waals surface area contributed by atoms with Crippen LogP contribution >= 0.6 is 0 Å². The molecule has 4 aromatic rings. The summed E-state index contributed by atoms with van der Waals surface area (Å²) in [6.07, 6.45) is 2.55. The smallest absolute Gasteiger partial charge is 0.250 e. The van der Waals surface area contributed by atoms with Crippen molar-refractivity contribution in [2.45, 2.75) is 33.0 Å². The molecule has 0 aliphatic heterocycles. The fraction of sp³-hybridized carbons (Fsp3) is 0.208. The third-order valence-corrected chi connectivity index (χ3v) is 5.12. The molecule has 0 radical (unpaired) electrons. The molecule has 0 aliphatic rings.